The Balaban J connectivity index is 2.32. The van der Waals surface area contributed by atoms with Gasteiger partial charge in [0.2, 0.25) is 0 Å². The van der Waals surface area contributed by atoms with Crippen LogP contribution in [0.4, 0.5) is 0 Å². The zero-order valence-corrected chi connectivity index (χ0v) is 7.91. The highest BCUT2D eigenvalue weighted by molar-refractivity contribution is 4.87. The fraction of sp³-hybridized carbons (Fsp3) is 0.286. The number of aromatic amines is 1. The van der Waals surface area contributed by atoms with Crippen molar-refractivity contribution in [1.29, 1.82) is 0 Å². The summed E-state index contributed by atoms with van der Waals surface area (Å²) < 4.78 is 1.29. The summed E-state index contributed by atoms with van der Waals surface area (Å²) in [6, 6.07) is 1.26. The maximum absolute atomic E-state index is 11.3. The third kappa shape index (κ3) is 1.98. The van der Waals surface area contributed by atoms with Gasteiger partial charge in [-0.05, 0) is 5.21 Å². The van der Waals surface area contributed by atoms with Gasteiger partial charge in [0.25, 0.3) is 5.56 Å². The predicted molar refractivity (Wildman–Crippen MR) is 49.2 cm³/mol. The quantitative estimate of drug-likeness (QED) is 0.622. The minimum Gasteiger partial charge on any atom is -0.293 e. The molecule has 0 fully saturated rings. The zero-order valence-electron chi connectivity index (χ0n) is 7.91. The molecule has 78 valence electrons. The summed E-state index contributed by atoms with van der Waals surface area (Å²) in [5.74, 6) is 0.409. The van der Waals surface area contributed by atoms with E-state index in [0.717, 1.165) is 0 Å². The highest BCUT2D eigenvalue weighted by Crippen LogP contribution is 1.87. The summed E-state index contributed by atoms with van der Waals surface area (Å²) in [7, 11) is 1.63. The predicted octanol–water partition coefficient (Wildman–Crippen LogP) is -1.89. The lowest BCUT2D eigenvalue weighted by Gasteiger charge is -1.98. The zero-order chi connectivity index (χ0) is 10.8. The van der Waals surface area contributed by atoms with E-state index in [9.17, 15) is 9.59 Å². The fourth-order valence-electron chi connectivity index (χ4n) is 1.11. The first kappa shape index (κ1) is 9.31. The van der Waals surface area contributed by atoms with Crippen LogP contribution in [0.2, 0.25) is 0 Å². The molecule has 15 heavy (non-hydrogen) atoms. The van der Waals surface area contributed by atoms with Crippen LogP contribution in [-0.2, 0) is 13.6 Å². The molecule has 0 radical (unpaired) electrons. The van der Waals surface area contributed by atoms with Gasteiger partial charge in [-0.2, -0.15) is 4.80 Å². The molecule has 1 N–H and O–H groups in total. The van der Waals surface area contributed by atoms with Crippen molar-refractivity contribution in [3.8, 4) is 0 Å². The summed E-state index contributed by atoms with van der Waals surface area (Å²) in [5.41, 5.74) is -0.918. The first-order chi connectivity index (χ1) is 7.15. The molecule has 0 unspecified atom stereocenters. The van der Waals surface area contributed by atoms with Gasteiger partial charge in [0, 0.05) is 12.3 Å². The number of tetrazole rings is 1. The molecule has 2 heterocycles. The highest BCUT2D eigenvalue weighted by atomic mass is 16.2. The molecule has 8 heteroatoms. The van der Waals surface area contributed by atoms with Crippen molar-refractivity contribution in [3.05, 3.63) is 38.9 Å². The van der Waals surface area contributed by atoms with E-state index in [1.165, 1.54) is 21.6 Å². The smallest absolute Gasteiger partial charge is 0.293 e. The lowest BCUT2D eigenvalue weighted by atomic mass is 10.5. The molecule has 0 saturated heterocycles. The summed E-state index contributed by atoms with van der Waals surface area (Å²) in [6.07, 6.45) is 1.39. The average Bonchev–Trinajstić information content (AvgIpc) is 2.56. The highest BCUT2D eigenvalue weighted by Gasteiger charge is 2.03. The standard InChI is InChI=1S/C7H8N6O2/c1-12-10-5(9-11-12)4-13-3-2-6(14)8-7(13)15/h2-3H,4H2,1H3,(H,8,14,15). The largest absolute Gasteiger partial charge is 0.328 e. The molecule has 0 aromatic carbocycles. The van der Waals surface area contributed by atoms with Gasteiger partial charge in [-0.25, -0.2) is 4.79 Å². The third-order valence-corrected chi connectivity index (χ3v) is 1.76. The van der Waals surface area contributed by atoms with Gasteiger partial charge in [0.15, 0.2) is 5.82 Å². The molecule has 0 atom stereocenters. The third-order valence-electron chi connectivity index (χ3n) is 1.76. The molecule has 2 aromatic heterocycles. The summed E-state index contributed by atoms with van der Waals surface area (Å²) in [4.78, 5) is 25.5. The molecular weight excluding hydrogens is 200 g/mol. The number of rotatable bonds is 2. The van der Waals surface area contributed by atoms with Crippen LogP contribution >= 0.6 is 0 Å². The SMILES string of the molecule is Cn1nnc(Cn2ccc(=O)[nH]c2=O)n1. The van der Waals surface area contributed by atoms with Gasteiger partial charge < -0.3 is 0 Å². The van der Waals surface area contributed by atoms with Gasteiger partial charge in [-0.1, -0.05) is 0 Å². The normalized spacial score (nSPS) is 10.5. The summed E-state index contributed by atoms with van der Waals surface area (Å²) in [6.45, 7) is 0.184. The van der Waals surface area contributed by atoms with E-state index >= 15 is 0 Å². The van der Waals surface area contributed by atoms with Crippen LogP contribution in [0.3, 0.4) is 0 Å². The lowest BCUT2D eigenvalue weighted by Crippen LogP contribution is -2.29. The number of nitrogens with one attached hydrogen (secondary N) is 1. The Kier molecular flexibility index (Phi) is 2.16. The fourth-order valence-corrected chi connectivity index (χ4v) is 1.11. The van der Waals surface area contributed by atoms with Crippen LogP contribution in [0.5, 0.6) is 0 Å². The minimum atomic E-state index is -0.491. The Bertz CT molecular complexity index is 579. The van der Waals surface area contributed by atoms with E-state index < -0.39 is 11.2 Å². The van der Waals surface area contributed by atoms with E-state index in [-0.39, 0.29) is 6.54 Å². The van der Waals surface area contributed by atoms with Gasteiger partial charge in [-0.3, -0.25) is 14.3 Å². The van der Waals surface area contributed by atoms with E-state index in [1.54, 1.807) is 7.05 Å². The second-order valence-electron chi connectivity index (χ2n) is 2.93. The minimum absolute atomic E-state index is 0.184. The number of aryl methyl sites for hydroxylation is 1. The molecule has 2 aromatic rings. The van der Waals surface area contributed by atoms with Crippen LogP contribution in [0.1, 0.15) is 5.82 Å². The number of nitrogens with zero attached hydrogens (tertiary/aromatic N) is 5. The van der Waals surface area contributed by atoms with Crippen molar-refractivity contribution in [1.82, 2.24) is 29.8 Å². The molecule has 0 spiro atoms. The Morgan fingerprint density at radius 2 is 2.27 bits per heavy atom. The second kappa shape index (κ2) is 3.48. The number of hydrogen-bond donors (Lipinski definition) is 1. The molecule has 8 nitrogen and oxygen atoms in total. The molecule has 0 aliphatic rings. The Labute approximate surface area is 83.2 Å². The monoisotopic (exact) mass is 208 g/mol. The Hall–Kier alpha value is -2.25. The number of H-pyrrole nitrogens is 1. The van der Waals surface area contributed by atoms with Crippen LogP contribution in [0.25, 0.3) is 0 Å². The molecule has 2 rings (SSSR count). The summed E-state index contributed by atoms with van der Waals surface area (Å²) >= 11 is 0. The topological polar surface area (TPSA) is 98.5 Å². The first-order valence-corrected chi connectivity index (χ1v) is 4.18. The maximum Gasteiger partial charge on any atom is 0.328 e. The first-order valence-electron chi connectivity index (χ1n) is 4.18. The number of aromatic nitrogens is 6. The van der Waals surface area contributed by atoms with Gasteiger partial charge in [0.05, 0.1) is 13.6 Å². The maximum atomic E-state index is 11.3. The van der Waals surface area contributed by atoms with Crippen LogP contribution in [0, 0.1) is 0 Å². The van der Waals surface area contributed by atoms with Crippen LogP contribution < -0.4 is 11.2 Å². The molecule has 0 saturated carbocycles. The van der Waals surface area contributed by atoms with Crippen molar-refractivity contribution in [3.63, 3.8) is 0 Å². The Morgan fingerprint density at radius 3 is 2.87 bits per heavy atom. The molecule has 0 bridgehead atoms. The van der Waals surface area contributed by atoms with Gasteiger partial charge in [0.1, 0.15) is 0 Å². The van der Waals surface area contributed by atoms with Crippen molar-refractivity contribution >= 4 is 0 Å². The van der Waals surface area contributed by atoms with Crippen molar-refractivity contribution < 1.29 is 0 Å². The van der Waals surface area contributed by atoms with Gasteiger partial charge in [-0.15, -0.1) is 10.2 Å². The molecular formula is C7H8N6O2. The van der Waals surface area contributed by atoms with E-state index in [1.807, 2.05) is 0 Å². The van der Waals surface area contributed by atoms with E-state index in [2.05, 4.69) is 20.4 Å². The molecule has 0 aliphatic carbocycles. The van der Waals surface area contributed by atoms with E-state index in [0.29, 0.717) is 5.82 Å². The molecule has 0 aliphatic heterocycles. The van der Waals surface area contributed by atoms with Crippen molar-refractivity contribution in [2.75, 3.05) is 0 Å². The number of hydrogen-bond acceptors (Lipinski definition) is 5. The summed E-state index contributed by atoms with van der Waals surface area (Å²) in [5, 5.41) is 11.3. The molecule has 0 amide bonds. The van der Waals surface area contributed by atoms with Crippen molar-refractivity contribution in [2.24, 2.45) is 7.05 Å². The Morgan fingerprint density at radius 1 is 1.47 bits per heavy atom. The van der Waals surface area contributed by atoms with Gasteiger partial charge >= 0.3 is 5.69 Å². The lowest BCUT2D eigenvalue weighted by molar-refractivity contribution is 0.622. The average molecular weight is 208 g/mol. The van der Waals surface area contributed by atoms with Crippen LogP contribution in [-0.4, -0.2) is 29.8 Å². The van der Waals surface area contributed by atoms with E-state index in [4.69, 9.17) is 0 Å². The second-order valence-corrected chi connectivity index (χ2v) is 2.93. The van der Waals surface area contributed by atoms with Crippen molar-refractivity contribution in [2.45, 2.75) is 6.54 Å². The van der Waals surface area contributed by atoms with Crippen LogP contribution in [0.15, 0.2) is 21.9 Å².